The number of hydrogen-bond donors (Lipinski definition) is 1. The highest BCUT2D eigenvalue weighted by molar-refractivity contribution is 7.93. The molecule has 0 aliphatic rings. The molecule has 0 atom stereocenters. The van der Waals surface area contributed by atoms with E-state index >= 15 is 0 Å². The Labute approximate surface area is 229 Å². The van der Waals surface area contributed by atoms with Crippen molar-refractivity contribution in [2.24, 2.45) is 0 Å². The molecule has 1 aromatic rings. The SMILES string of the molecule is CC(CO[Si](C)(C)C(C)(C)C)(CO[Si](C)(C)C(C)(C)C)c1ncc(S(=O)(=O)N[Si](C)(C)C(C)(C)C)s1. The molecule has 0 aliphatic carbocycles. The van der Waals surface area contributed by atoms with Crippen LogP contribution in [0.5, 0.6) is 0 Å². The van der Waals surface area contributed by atoms with Crippen LogP contribution < -0.4 is 4.39 Å². The third-order valence-corrected chi connectivity index (χ3v) is 27.1. The molecule has 1 N–H and O–H groups in total. The lowest BCUT2D eigenvalue weighted by atomic mass is 9.94. The first-order chi connectivity index (χ1) is 15.6. The summed E-state index contributed by atoms with van der Waals surface area (Å²) >= 11 is 1.25. The molecule has 0 aromatic carbocycles. The second kappa shape index (κ2) is 10.6. The monoisotopic (exact) mass is 594 g/mol. The number of thiazole rings is 1. The van der Waals surface area contributed by atoms with Crippen LogP contribution in [0, 0.1) is 0 Å². The van der Waals surface area contributed by atoms with E-state index in [1.165, 1.54) is 17.5 Å². The summed E-state index contributed by atoms with van der Waals surface area (Å²) in [5.74, 6) is 0. The Morgan fingerprint density at radius 3 is 1.50 bits per heavy atom. The molecule has 36 heavy (non-hydrogen) atoms. The van der Waals surface area contributed by atoms with E-state index in [4.69, 9.17) is 8.85 Å². The van der Waals surface area contributed by atoms with Crippen LogP contribution in [-0.4, -0.2) is 51.5 Å². The summed E-state index contributed by atoms with van der Waals surface area (Å²) in [6.07, 6.45) is 1.51. The Morgan fingerprint density at radius 1 is 0.778 bits per heavy atom. The van der Waals surface area contributed by atoms with Crippen LogP contribution >= 0.6 is 11.3 Å². The Kier molecular flexibility index (Phi) is 10.0. The standard InChI is InChI=1S/C25H54N2O4S2Si3/c1-22(2,3)34(11,12)27-33(28,29)20-17-26-21(32-20)25(10,18-30-35(13,14)23(4,5)6)19-31-36(15,16)24(7,8)9/h17,27H,18-19H2,1-16H3. The minimum atomic E-state index is -3.67. The predicted molar refractivity (Wildman–Crippen MR) is 163 cm³/mol. The molecule has 0 spiro atoms. The second-order valence-corrected chi connectivity index (χ2v) is 33.0. The average molecular weight is 595 g/mol. The van der Waals surface area contributed by atoms with E-state index in [2.05, 4.69) is 118 Å². The van der Waals surface area contributed by atoms with E-state index in [1.54, 1.807) is 0 Å². The number of rotatable bonds is 10. The van der Waals surface area contributed by atoms with Gasteiger partial charge in [-0.3, -0.25) is 0 Å². The van der Waals surface area contributed by atoms with Gasteiger partial charge >= 0.3 is 0 Å². The summed E-state index contributed by atoms with van der Waals surface area (Å²) in [5.41, 5.74) is -0.555. The minimum absolute atomic E-state index is 0.0681. The van der Waals surface area contributed by atoms with E-state index in [0.717, 1.165) is 5.01 Å². The van der Waals surface area contributed by atoms with Crippen LogP contribution in [0.3, 0.4) is 0 Å². The smallest absolute Gasteiger partial charge is 0.245 e. The number of nitrogens with zero attached hydrogens (tertiary/aromatic N) is 1. The maximum atomic E-state index is 13.4. The maximum Gasteiger partial charge on any atom is 0.245 e. The third kappa shape index (κ3) is 8.06. The molecule has 0 saturated carbocycles. The quantitative estimate of drug-likeness (QED) is 0.281. The van der Waals surface area contributed by atoms with Crippen LogP contribution in [0.2, 0.25) is 54.4 Å². The average Bonchev–Trinajstić information content (AvgIpc) is 3.13. The summed E-state index contributed by atoms with van der Waals surface area (Å²) in [6.45, 7) is 35.7. The van der Waals surface area contributed by atoms with Crippen molar-refractivity contribution in [2.45, 2.75) is 133 Å². The molecule has 6 nitrogen and oxygen atoms in total. The van der Waals surface area contributed by atoms with Crippen molar-refractivity contribution in [1.29, 1.82) is 0 Å². The molecule has 0 radical (unpaired) electrons. The number of sulfonamides is 1. The highest BCUT2D eigenvalue weighted by Gasteiger charge is 2.45. The van der Waals surface area contributed by atoms with Gasteiger partial charge in [0.1, 0.15) is 13.2 Å². The number of aromatic nitrogens is 1. The van der Waals surface area contributed by atoms with E-state index in [0.29, 0.717) is 13.2 Å². The molecule has 0 amide bonds. The van der Waals surface area contributed by atoms with Gasteiger partial charge in [-0.25, -0.2) is 17.8 Å². The fraction of sp³-hybridized carbons (Fsp3) is 0.880. The van der Waals surface area contributed by atoms with E-state index < -0.39 is 40.3 Å². The number of hydrogen-bond acceptors (Lipinski definition) is 6. The van der Waals surface area contributed by atoms with Crippen molar-refractivity contribution in [3.8, 4) is 0 Å². The number of nitrogens with one attached hydrogen (secondary N) is 1. The summed E-state index contributed by atoms with van der Waals surface area (Å²) in [4.78, 5) is 4.66. The topological polar surface area (TPSA) is 77.5 Å². The van der Waals surface area contributed by atoms with Crippen molar-refractivity contribution in [1.82, 2.24) is 9.37 Å². The van der Waals surface area contributed by atoms with Crippen LogP contribution in [-0.2, 0) is 24.3 Å². The fourth-order valence-electron chi connectivity index (χ4n) is 2.48. The zero-order chi connectivity index (χ0) is 28.8. The normalized spacial score (nSPS) is 15.4. The molecule has 1 heterocycles. The van der Waals surface area contributed by atoms with Crippen molar-refractivity contribution in [3.05, 3.63) is 11.2 Å². The Hall–Kier alpha value is 0.111. The van der Waals surface area contributed by atoms with Crippen molar-refractivity contribution in [3.63, 3.8) is 0 Å². The molecule has 0 saturated heterocycles. The van der Waals surface area contributed by atoms with Gasteiger partial charge in [-0.2, -0.15) is 0 Å². The zero-order valence-corrected chi connectivity index (χ0v) is 30.5. The van der Waals surface area contributed by atoms with E-state index in [-0.39, 0.29) is 19.3 Å². The fourth-order valence-corrected chi connectivity index (χ4v) is 11.0. The second-order valence-electron chi connectivity index (χ2n) is 15.1. The van der Waals surface area contributed by atoms with Gasteiger partial charge in [0.05, 0.1) is 11.6 Å². The molecular formula is C25H54N2O4S2Si3. The molecule has 0 unspecified atom stereocenters. The lowest BCUT2D eigenvalue weighted by molar-refractivity contribution is 0.137. The summed E-state index contributed by atoms with van der Waals surface area (Å²) in [6, 6.07) is 0. The third-order valence-electron chi connectivity index (χ3n) is 8.65. The maximum absolute atomic E-state index is 13.4. The van der Waals surface area contributed by atoms with Gasteiger partial charge in [-0.05, 0) is 48.2 Å². The first-order valence-electron chi connectivity index (χ1n) is 12.9. The summed E-state index contributed by atoms with van der Waals surface area (Å²) in [7, 11) is -10.0. The van der Waals surface area contributed by atoms with Gasteiger partial charge in [-0.1, -0.05) is 75.4 Å². The lowest BCUT2D eigenvalue weighted by Gasteiger charge is -2.42. The highest BCUT2D eigenvalue weighted by atomic mass is 32.2. The van der Waals surface area contributed by atoms with Crippen molar-refractivity contribution < 1.29 is 17.3 Å². The lowest BCUT2D eigenvalue weighted by Crippen LogP contribution is -2.54. The largest absolute Gasteiger partial charge is 0.416 e. The summed E-state index contributed by atoms with van der Waals surface area (Å²) in [5, 5.41) is 0.767. The Bertz CT molecular complexity index is 970. The van der Waals surface area contributed by atoms with Gasteiger partial charge in [0.15, 0.2) is 20.8 Å². The van der Waals surface area contributed by atoms with Gasteiger partial charge in [0.25, 0.3) is 0 Å². The Balaban J connectivity index is 3.41. The van der Waals surface area contributed by atoms with Crippen molar-refractivity contribution >= 4 is 46.2 Å². The van der Waals surface area contributed by atoms with Crippen LogP contribution in [0.4, 0.5) is 0 Å². The van der Waals surface area contributed by atoms with E-state index in [1.807, 2.05) is 0 Å². The van der Waals surface area contributed by atoms with Crippen molar-refractivity contribution in [2.75, 3.05) is 13.2 Å². The van der Waals surface area contributed by atoms with Crippen LogP contribution in [0.25, 0.3) is 0 Å². The van der Waals surface area contributed by atoms with Gasteiger partial charge in [0, 0.05) is 13.2 Å². The molecule has 0 fully saturated rings. The molecular weight excluding hydrogens is 541 g/mol. The Morgan fingerprint density at radius 2 is 1.17 bits per heavy atom. The highest BCUT2D eigenvalue weighted by Crippen LogP contribution is 2.42. The zero-order valence-electron chi connectivity index (χ0n) is 25.9. The first-order valence-corrected chi connectivity index (χ1v) is 24.0. The minimum Gasteiger partial charge on any atom is -0.416 e. The van der Waals surface area contributed by atoms with Gasteiger partial charge in [-0.15, -0.1) is 11.3 Å². The first kappa shape index (κ1) is 34.1. The molecule has 1 aromatic heterocycles. The van der Waals surface area contributed by atoms with Crippen LogP contribution in [0.1, 0.15) is 74.2 Å². The summed E-state index contributed by atoms with van der Waals surface area (Å²) < 4.78 is 43.4. The predicted octanol–water partition coefficient (Wildman–Crippen LogP) is 7.73. The molecule has 212 valence electrons. The van der Waals surface area contributed by atoms with Crippen LogP contribution in [0.15, 0.2) is 10.4 Å². The molecule has 1 rings (SSSR count). The van der Waals surface area contributed by atoms with Gasteiger partial charge in [0.2, 0.25) is 10.0 Å². The van der Waals surface area contributed by atoms with Gasteiger partial charge < -0.3 is 8.85 Å². The molecule has 11 heteroatoms. The molecule has 0 aliphatic heterocycles. The van der Waals surface area contributed by atoms with E-state index in [9.17, 15) is 8.42 Å². The molecule has 0 bridgehead atoms.